The lowest BCUT2D eigenvalue weighted by Gasteiger charge is -2.02. The van der Waals surface area contributed by atoms with E-state index in [-0.39, 0.29) is 12.2 Å². The van der Waals surface area contributed by atoms with E-state index >= 15 is 0 Å². The van der Waals surface area contributed by atoms with E-state index in [0.717, 1.165) is 5.75 Å². The van der Waals surface area contributed by atoms with Crippen LogP contribution >= 0.6 is 0 Å². The zero-order chi connectivity index (χ0) is 9.52. The Morgan fingerprint density at radius 1 is 1.38 bits per heavy atom. The number of benzene rings is 1. The fraction of sp³-hybridized carbons (Fsp3) is 0.182. The average Bonchev–Trinajstić information content (AvgIpc) is 2.19. The van der Waals surface area contributed by atoms with Gasteiger partial charge in [0.15, 0.2) is 0 Å². The van der Waals surface area contributed by atoms with Crippen LogP contribution in [0.25, 0.3) is 0 Å². The highest BCUT2D eigenvalue weighted by atomic mass is 16.5. The summed E-state index contributed by atoms with van der Waals surface area (Å²) in [5.41, 5.74) is 0. The molecule has 0 aliphatic carbocycles. The number of ketones is 1. The summed E-state index contributed by atoms with van der Waals surface area (Å²) in [5, 5.41) is 0. The topological polar surface area (TPSA) is 26.3 Å². The molecular weight excluding hydrogens is 164 g/mol. The molecule has 0 aliphatic rings. The molecular formula is C11H10O2. The second kappa shape index (κ2) is 5.00. The van der Waals surface area contributed by atoms with Crippen LogP contribution in [0.4, 0.5) is 0 Å². The van der Waals surface area contributed by atoms with Crippen molar-refractivity contribution < 1.29 is 9.53 Å². The van der Waals surface area contributed by atoms with Crippen LogP contribution in [0.3, 0.4) is 0 Å². The van der Waals surface area contributed by atoms with E-state index < -0.39 is 0 Å². The van der Waals surface area contributed by atoms with Crippen molar-refractivity contribution in [3.05, 3.63) is 30.3 Å². The number of carbonyl (C=O) groups is 1. The van der Waals surface area contributed by atoms with Crippen molar-refractivity contribution in [2.45, 2.75) is 6.42 Å². The monoisotopic (exact) mass is 174 g/mol. The summed E-state index contributed by atoms with van der Waals surface area (Å²) < 4.78 is 5.26. The standard InChI is InChI=1S/C11H10O2/c1-2-10(12)8-9-13-11-6-4-3-5-7-11/h1,3-7H,8-9H2. The third kappa shape index (κ3) is 3.44. The highest BCUT2D eigenvalue weighted by Gasteiger charge is 1.96. The first kappa shape index (κ1) is 9.34. The lowest BCUT2D eigenvalue weighted by Crippen LogP contribution is -2.03. The van der Waals surface area contributed by atoms with Crippen LogP contribution < -0.4 is 4.74 Å². The molecule has 0 heterocycles. The van der Waals surface area contributed by atoms with Crippen LogP contribution in [0.5, 0.6) is 5.75 Å². The minimum atomic E-state index is -0.226. The Labute approximate surface area is 77.5 Å². The SMILES string of the molecule is C#CC(=O)CCOc1ccccc1. The van der Waals surface area contributed by atoms with Gasteiger partial charge in [-0.3, -0.25) is 4.79 Å². The molecule has 0 fully saturated rings. The van der Waals surface area contributed by atoms with Crippen molar-refractivity contribution in [1.82, 2.24) is 0 Å². The molecule has 1 rings (SSSR count). The second-order valence-corrected chi connectivity index (χ2v) is 2.48. The van der Waals surface area contributed by atoms with Crippen molar-refractivity contribution in [2.24, 2.45) is 0 Å². The summed E-state index contributed by atoms with van der Waals surface area (Å²) >= 11 is 0. The maximum absolute atomic E-state index is 10.7. The summed E-state index contributed by atoms with van der Waals surface area (Å²) in [4.78, 5) is 10.7. The molecule has 0 atom stereocenters. The number of rotatable bonds is 4. The summed E-state index contributed by atoms with van der Waals surface area (Å²) in [5.74, 6) is 2.56. The summed E-state index contributed by atoms with van der Waals surface area (Å²) in [6, 6.07) is 9.32. The van der Waals surface area contributed by atoms with E-state index in [1.807, 2.05) is 36.3 Å². The van der Waals surface area contributed by atoms with Gasteiger partial charge in [-0.15, -0.1) is 6.42 Å². The van der Waals surface area contributed by atoms with Gasteiger partial charge in [0.05, 0.1) is 13.0 Å². The van der Waals surface area contributed by atoms with Crippen molar-refractivity contribution in [1.29, 1.82) is 0 Å². The third-order valence-electron chi connectivity index (χ3n) is 1.50. The van der Waals surface area contributed by atoms with E-state index in [0.29, 0.717) is 6.61 Å². The number of Topliss-reactive ketones (excluding diaryl/α,β-unsaturated/α-hetero) is 1. The van der Waals surface area contributed by atoms with Gasteiger partial charge in [-0.2, -0.15) is 0 Å². The lowest BCUT2D eigenvalue weighted by molar-refractivity contribution is -0.114. The van der Waals surface area contributed by atoms with Crippen LogP contribution in [0, 0.1) is 12.3 Å². The molecule has 0 amide bonds. The Balaban J connectivity index is 2.29. The molecule has 0 aliphatic heterocycles. The molecule has 2 heteroatoms. The molecule has 0 saturated heterocycles. The predicted octanol–water partition coefficient (Wildman–Crippen LogP) is 1.66. The molecule has 0 aromatic heterocycles. The number of carbonyl (C=O) groups excluding carboxylic acids is 1. The summed E-state index contributed by atoms with van der Waals surface area (Å²) in [6.07, 6.45) is 5.17. The van der Waals surface area contributed by atoms with E-state index in [1.54, 1.807) is 0 Å². The van der Waals surface area contributed by atoms with Crippen LogP contribution in [0.15, 0.2) is 30.3 Å². The minimum absolute atomic E-state index is 0.226. The Kier molecular flexibility index (Phi) is 3.59. The Bertz CT molecular complexity index is 309. The molecule has 0 radical (unpaired) electrons. The zero-order valence-electron chi connectivity index (χ0n) is 7.19. The molecule has 0 saturated carbocycles. The van der Waals surface area contributed by atoms with Crippen molar-refractivity contribution in [2.75, 3.05) is 6.61 Å². The van der Waals surface area contributed by atoms with Gasteiger partial charge in [0.2, 0.25) is 5.78 Å². The van der Waals surface area contributed by atoms with Crippen molar-refractivity contribution in [3.8, 4) is 18.1 Å². The molecule has 0 N–H and O–H groups in total. The van der Waals surface area contributed by atoms with Gasteiger partial charge < -0.3 is 4.74 Å². The average molecular weight is 174 g/mol. The largest absolute Gasteiger partial charge is 0.493 e. The summed E-state index contributed by atoms with van der Waals surface area (Å²) in [6.45, 7) is 0.340. The second-order valence-electron chi connectivity index (χ2n) is 2.48. The van der Waals surface area contributed by atoms with Crippen LogP contribution in [0.2, 0.25) is 0 Å². The normalized spacial score (nSPS) is 8.85. The summed E-state index contributed by atoms with van der Waals surface area (Å²) in [7, 11) is 0. The van der Waals surface area contributed by atoms with Crippen molar-refractivity contribution in [3.63, 3.8) is 0 Å². The fourth-order valence-corrected chi connectivity index (χ4v) is 0.850. The van der Waals surface area contributed by atoms with Gasteiger partial charge in [-0.05, 0) is 18.1 Å². The molecule has 13 heavy (non-hydrogen) atoms. The van der Waals surface area contributed by atoms with E-state index in [1.165, 1.54) is 0 Å². The van der Waals surface area contributed by atoms with Gasteiger partial charge in [0, 0.05) is 0 Å². The van der Waals surface area contributed by atoms with Gasteiger partial charge in [0.1, 0.15) is 5.75 Å². The molecule has 0 unspecified atom stereocenters. The van der Waals surface area contributed by atoms with Crippen LogP contribution in [-0.2, 0) is 4.79 Å². The number of hydrogen-bond acceptors (Lipinski definition) is 2. The van der Waals surface area contributed by atoms with Gasteiger partial charge >= 0.3 is 0 Å². The minimum Gasteiger partial charge on any atom is -0.493 e. The van der Waals surface area contributed by atoms with Crippen molar-refractivity contribution >= 4 is 5.78 Å². The zero-order valence-corrected chi connectivity index (χ0v) is 7.19. The first-order valence-electron chi connectivity index (χ1n) is 4.00. The molecule has 1 aromatic carbocycles. The number of hydrogen-bond donors (Lipinski definition) is 0. The van der Waals surface area contributed by atoms with Gasteiger partial charge in [-0.1, -0.05) is 18.2 Å². The molecule has 0 bridgehead atoms. The first-order chi connectivity index (χ1) is 6.33. The molecule has 0 spiro atoms. The number of para-hydroxylation sites is 1. The van der Waals surface area contributed by atoms with Crippen LogP contribution in [-0.4, -0.2) is 12.4 Å². The maximum Gasteiger partial charge on any atom is 0.208 e. The smallest absolute Gasteiger partial charge is 0.208 e. The highest BCUT2D eigenvalue weighted by molar-refractivity contribution is 5.94. The van der Waals surface area contributed by atoms with E-state index in [9.17, 15) is 4.79 Å². The quantitative estimate of drug-likeness (QED) is 0.512. The van der Waals surface area contributed by atoms with Gasteiger partial charge in [-0.25, -0.2) is 0 Å². The van der Waals surface area contributed by atoms with Crippen LogP contribution in [0.1, 0.15) is 6.42 Å². The predicted molar refractivity (Wildman–Crippen MR) is 50.4 cm³/mol. The lowest BCUT2D eigenvalue weighted by atomic mass is 10.3. The Morgan fingerprint density at radius 3 is 2.69 bits per heavy atom. The number of ether oxygens (including phenoxy) is 1. The van der Waals surface area contributed by atoms with E-state index in [4.69, 9.17) is 11.2 Å². The van der Waals surface area contributed by atoms with E-state index in [2.05, 4.69) is 0 Å². The molecule has 2 nitrogen and oxygen atoms in total. The maximum atomic E-state index is 10.7. The first-order valence-corrected chi connectivity index (χ1v) is 4.00. The third-order valence-corrected chi connectivity index (χ3v) is 1.50. The molecule has 1 aromatic rings. The Morgan fingerprint density at radius 2 is 2.08 bits per heavy atom. The molecule has 66 valence electrons. The number of terminal acetylenes is 1. The van der Waals surface area contributed by atoms with Gasteiger partial charge in [0.25, 0.3) is 0 Å². The Hall–Kier alpha value is -1.75. The fourth-order valence-electron chi connectivity index (χ4n) is 0.850. The highest BCUT2D eigenvalue weighted by Crippen LogP contribution is 2.08.